The molecule has 0 saturated carbocycles. The molecule has 1 atom stereocenters. The molecule has 2 aromatic rings. The first-order valence-electron chi connectivity index (χ1n) is 6.85. The minimum atomic E-state index is -1.98. The molecule has 2 N–H and O–H groups in total. The molecule has 25 heavy (non-hydrogen) atoms. The maximum Gasteiger partial charge on any atom is 0.288 e. The third-order valence-electron chi connectivity index (χ3n) is 3.48. The van der Waals surface area contributed by atoms with Crippen LogP contribution in [0.5, 0.6) is 0 Å². The van der Waals surface area contributed by atoms with Crippen LogP contribution in [0.4, 0.5) is 17.1 Å². The van der Waals surface area contributed by atoms with Crippen LogP contribution in [0.2, 0.25) is 5.02 Å². The molecule has 0 aliphatic rings. The first-order chi connectivity index (χ1) is 11.6. The van der Waals surface area contributed by atoms with Crippen molar-refractivity contribution in [3.63, 3.8) is 0 Å². The van der Waals surface area contributed by atoms with E-state index in [1.54, 1.807) is 0 Å². The molecule has 0 heterocycles. The van der Waals surface area contributed by atoms with E-state index in [1.807, 2.05) is 0 Å². The third-order valence-corrected chi connectivity index (χ3v) is 3.79. The summed E-state index contributed by atoms with van der Waals surface area (Å²) in [5.41, 5.74) is -2.18. The number of carbonyl (C=O) groups excluding carboxylic acids is 1. The van der Waals surface area contributed by atoms with Crippen LogP contribution in [0.1, 0.15) is 12.5 Å². The highest BCUT2D eigenvalue weighted by atomic mass is 35.5. The molecule has 0 aromatic heterocycles. The number of nitrogens with zero attached hydrogens (tertiary/aromatic N) is 2. The lowest BCUT2D eigenvalue weighted by atomic mass is 9.94. The fraction of sp³-hybridized carbons (Fsp3) is 0.133. The van der Waals surface area contributed by atoms with Crippen LogP contribution >= 0.6 is 11.6 Å². The molecule has 2 aromatic carbocycles. The van der Waals surface area contributed by atoms with E-state index in [4.69, 9.17) is 11.6 Å². The Bertz CT molecular complexity index is 851. The Morgan fingerprint density at radius 2 is 1.72 bits per heavy atom. The van der Waals surface area contributed by atoms with Gasteiger partial charge in [-0.2, -0.15) is 0 Å². The first-order valence-corrected chi connectivity index (χ1v) is 7.23. The van der Waals surface area contributed by atoms with Crippen molar-refractivity contribution in [1.82, 2.24) is 0 Å². The monoisotopic (exact) mass is 365 g/mol. The number of benzene rings is 2. The van der Waals surface area contributed by atoms with Gasteiger partial charge in [0, 0.05) is 23.9 Å². The molecule has 0 aliphatic carbocycles. The number of amides is 1. The van der Waals surface area contributed by atoms with Crippen molar-refractivity contribution in [3.8, 4) is 0 Å². The molecule has 1 amide bonds. The Morgan fingerprint density at radius 1 is 1.12 bits per heavy atom. The summed E-state index contributed by atoms with van der Waals surface area (Å²) in [5, 5.41) is 34.0. The van der Waals surface area contributed by atoms with Crippen molar-refractivity contribution < 1.29 is 19.7 Å². The Kier molecular flexibility index (Phi) is 5.00. The Balaban J connectivity index is 2.22. The maximum atomic E-state index is 12.3. The van der Waals surface area contributed by atoms with Gasteiger partial charge in [-0.15, -0.1) is 0 Å². The van der Waals surface area contributed by atoms with Crippen LogP contribution in [0.25, 0.3) is 0 Å². The van der Waals surface area contributed by atoms with Gasteiger partial charge in [-0.3, -0.25) is 25.0 Å². The van der Waals surface area contributed by atoms with Crippen molar-refractivity contribution in [3.05, 3.63) is 73.3 Å². The predicted octanol–water partition coefficient (Wildman–Crippen LogP) is 3.00. The van der Waals surface area contributed by atoms with Crippen LogP contribution in [0, 0.1) is 20.2 Å². The second-order valence-corrected chi connectivity index (χ2v) is 5.66. The molecule has 2 rings (SSSR count). The normalized spacial score (nSPS) is 12.9. The SMILES string of the molecule is CC(O)(C(=O)Nc1ccc([N+](=O)[O-])c(Cl)c1)c1ccc([N+](=O)[O-])cc1. The number of carbonyl (C=O) groups is 1. The number of non-ortho nitro benzene ring substituents is 1. The van der Waals surface area contributed by atoms with Crippen LogP contribution < -0.4 is 5.32 Å². The highest BCUT2D eigenvalue weighted by Crippen LogP contribution is 2.29. The minimum absolute atomic E-state index is 0.142. The van der Waals surface area contributed by atoms with Crippen LogP contribution in [-0.2, 0) is 10.4 Å². The van der Waals surface area contributed by atoms with E-state index in [9.17, 15) is 30.1 Å². The Labute approximate surface area is 146 Å². The third kappa shape index (κ3) is 3.90. The number of aliphatic hydroxyl groups is 1. The van der Waals surface area contributed by atoms with Crippen molar-refractivity contribution in [2.75, 3.05) is 5.32 Å². The number of halogens is 1. The van der Waals surface area contributed by atoms with E-state index < -0.39 is 21.4 Å². The predicted molar refractivity (Wildman–Crippen MR) is 89.4 cm³/mol. The summed E-state index contributed by atoms with van der Waals surface area (Å²) in [7, 11) is 0. The van der Waals surface area contributed by atoms with Crippen molar-refractivity contribution in [2.24, 2.45) is 0 Å². The number of anilines is 1. The van der Waals surface area contributed by atoms with E-state index in [2.05, 4.69) is 5.32 Å². The number of rotatable bonds is 5. The van der Waals surface area contributed by atoms with Gasteiger partial charge in [0.2, 0.25) is 0 Å². The number of nitro benzene ring substituents is 2. The zero-order valence-electron chi connectivity index (χ0n) is 12.8. The summed E-state index contributed by atoms with van der Waals surface area (Å²) in [6, 6.07) is 8.44. The average Bonchev–Trinajstić information content (AvgIpc) is 2.54. The van der Waals surface area contributed by atoms with Gasteiger partial charge in [0.05, 0.1) is 9.85 Å². The molecule has 0 spiro atoms. The van der Waals surface area contributed by atoms with Gasteiger partial charge < -0.3 is 10.4 Å². The molecule has 1 unspecified atom stereocenters. The summed E-state index contributed by atoms with van der Waals surface area (Å²) in [4.78, 5) is 32.4. The highest BCUT2D eigenvalue weighted by molar-refractivity contribution is 6.33. The van der Waals surface area contributed by atoms with Gasteiger partial charge >= 0.3 is 0 Å². The zero-order valence-corrected chi connectivity index (χ0v) is 13.6. The zero-order chi connectivity index (χ0) is 18.8. The summed E-state index contributed by atoms with van der Waals surface area (Å²) in [6.07, 6.45) is 0. The summed E-state index contributed by atoms with van der Waals surface area (Å²) < 4.78 is 0. The number of hydrogen-bond donors (Lipinski definition) is 2. The lowest BCUT2D eigenvalue weighted by Gasteiger charge is -2.22. The second-order valence-electron chi connectivity index (χ2n) is 5.25. The summed E-state index contributed by atoms with van der Waals surface area (Å²) >= 11 is 5.77. The molecular weight excluding hydrogens is 354 g/mol. The lowest BCUT2D eigenvalue weighted by molar-refractivity contribution is -0.385. The second kappa shape index (κ2) is 6.83. The van der Waals surface area contributed by atoms with Gasteiger partial charge in [-0.05, 0) is 36.8 Å². The van der Waals surface area contributed by atoms with E-state index in [-0.39, 0.29) is 27.6 Å². The van der Waals surface area contributed by atoms with Crippen molar-refractivity contribution in [2.45, 2.75) is 12.5 Å². The maximum absolute atomic E-state index is 12.3. The van der Waals surface area contributed by atoms with E-state index >= 15 is 0 Å². The molecule has 0 aliphatic heterocycles. The van der Waals surface area contributed by atoms with Gasteiger partial charge in [-0.1, -0.05) is 11.6 Å². The van der Waals surface area contributed by atoms with Crippen LogP contribution in [0.3, 0.4) is 0 Å². The smallest absolute Gasteiger partial charge is 0.288 e. The topological polar surface area (TPSA) is 136 Å². The van der Waals surface area contributed by atoms with Crippen molar-refractivity contribution in [1.29, 1.82) is 0 Å². The summed E-state index contributed by atoms with van der Waals surface area (Å²) in [5.74, 6) is -0.828. The van der Waals surface area contributed by atoms with Gasteiger partial charge in [0.1, 0.15) is 5.02 Å². The Morgan fingerprint density at radius 3 is 2.20 bits per heavy atom. The molecule has 0 bridgehead atoms. The van der Waals surface area contributed by atoms with Crippen LogP contribution in [-0.4, -0.2) is 20.9 Å². The number of hydrogen-bond acceptors (Lipinski definition) is 6. The van der Waals surface area contributed by atoms with Gasteiger partial charge in [-0.25, -0.2) is 0 Å². The number of nitrogens with one attached hydrogen (secondary N) is 1. The molecule has 0 radical (unpaired) electrons. The van der Waals surface area contributed by atoms with Crippen LogP contribution in [0.15, 0.2) is 42.5 Å². The Hall–Kier alpha value is -3.04. The molecular formula is C15H12ClN3O6. The fourth-order valence-corrected chi connectivity index (χ4v) is 2.27. The largest absolute Gasteiger partial charge is 0.376 e. The van der Waals surface area contributed by atoms with Gasteiger partial charge in [0.25, 0.3) is 17.3 Å². The molecule has 0 fully saturated rings. The minimum Gasteiger partial charge on any atom is -0.376 e. The average molecular weight is 366 g/mol. The van der Waals surface area contributed by atoms with Crippen molar-refractivity contribution >= 4 is 34.6 Å². The fourth-order valence-electron chi connectivity index (χ4n) is 2.02. The molecule has 130 valence electrons. The molecule has 0 saturated heterocycles. The standard InChI is InChI=1S/C15H12ClN3O6/c1-15(21,9-2-5-11(6-3-9)18(22)23)14(20)17-10-4-7-13(19(24)25)12(16)8-10/h2-8,21H,1H3,(H,17,20). The number of nitro groups is 2. The first kappa shape index (κ1) is 18.3. The summed E-state index contributed by atoms with van der Waals surface area (Å²) in [6.45, 7) is 1.22. The highest BCUT2D eigenvalue weighted by Gasteiger charge is 2.33. The molecule has 10 heteroatoms. The quantitative estimate of drug-likeness (QED) is 0.617. The van der Waals surface area contributed by atoms with Gasteiger partial charge in [0.15, 0.2) is 5.60 Å². The van der Waals surface area contributed by atoms with E-state index in [0.29, 0.717) is 0 Å². The van der Waals surface area contributed by atoms with E-state index in [0.717, 1.165) is 6.07 Å². The molecule has 9 nitrogen and oxygen atoms in total. The lowest BCUT2D eigenvalue weighted by Crippen LogP contribution is -2.37. The van der Waals surface area contributed by atoms with E-state index in [1.165, 1.54) is 43.3 Å².